The average Bonchev–Trinajstić information content (AvgIpc) is 2.24. The predicted molar refractivity (Wildman–Crippen MR) is 72.6 cm³/mol. The third-order valence-corrected chi connectivity index (χ3v) is 2.76. The molecular formula is C14H22N2O2. The Labute approximate surface area is 109 Å². The molecule has 3 N–H and O–H groups in total. The van der Waals surface area contributed by atoms with Gasteiger partial charge in [-0.2, -0.15) is 0 Å². The van der Waals surface area contributed by atoms with Crippen LogP contribution in [0.2, 0.25) is 0 Å². The first-order valence-electron chi connectivity index (χ1n) is 5.97. The highest BCUT2D eigenvalue weighted by Crippen LogP contribution is 2.24. The van der Waals surface area contributed by atoms with Crippen LogP contribution in [-0.4, -0.2) is 18.6 Å². The number of hydrogen-bond donors (Lipinski definition) is 2. The van der Waals surface area contributed by atoms with Gasteiger partial charge in [-0.15, -0.1) is 0 Å². The molecule has 0 aliphatic carbocycles. The molecule has 0 atom stereocenters. The van der Waals surface area contributed by atoms with Crippen molar-refractivity contribution in [2.45, 2.75) is 39.8 Å². The van der Waals surface area contributed by atoms with Gasteiger partial charge in [0, 0.05) is 6.54 Å². The van der Waals surface area contributed by atoms with Gasteiger partial charge in [-0.1, -0.05) is 12.1 Å². The summed E-state index contributed by atoms with van der Waals surface area (Å²) in [6.07, 6.45) is 0. The van der Waals surface area contributed by atoms with Crippen LogP contribution in [0.5, 0.6) is 5.75 Å². The molecule has 0 aromatic heterocycles. The molecular weight excluding hydrogens is 228 g/mol. The molecule has 0 unspecified atom stereocenters. The van der Waals surface area contributed by atoms with E-state index in [1.165, 1.54) is 0 Å². The Bertz CT molecular complexity index is 425. The van der Waals surface area contributed by atoms with E-state index in [1.54, 1.807) is 21.0 Å². The van der Waals surface area contributed by atoms with Crippen LogP contribution in [0.25, 0.3) is 0 Å². The number of nitrogens with one attached hydrogen (secondary N) is 1. The Kier molecular flexibility index (Phi) is 4.35. The van der Waals surface area contributed by atoms with Crippen molar-refractivity contribution < 1.29 is 9.53 Å². The highest BCUT2D eigenvalue weighted by molar-refractivity contribution is 5.85. The van der Waals surface area contributed by atoms with Gasteiger partial charge in [0.25, 0.3) is 0 Å². The highest BCUT2D eigenvalue weighted by Gasteiger charge is 2.21. The van der Waals surface area contributed by atoms with E-state index in [9.17, 15) is 4.79 Å². The van der Waals surface area contributed by atoms with Gasteiger partial charge in [0.2, 0.25) is 5.91 Å². The number of nitrogens with two attached hydrogens (primary N) is 1. The van der Waals surface area contributed by atoms with Crippen molar-refractivity contribution >= 4 is 5.91 Å². The minimum absolute atomic E-state index is 0.159. The second kappa shape index (κ2) is 5.40. The summed E-state index contributed by atoms with van der Waals surface area (Å²) in [6.45, 7) is 7.83. The molecule has 0 heterocycles. The fraction of sp³-hybridized carbons (Fsp3) is 0.500. The molecule has 4 nitrogen and oxygen atoms in total. The first-order chi connectivity index (χ1) is 8.25. The number of carbonyl (C=O) groups is 1. The van der Waals surface area contributed by atoms with Gasteiger partial charge in [0.15, 0.2) is 0 Å². The molecule has 0 saturated heterocycles. The summed E-state index contributed by atoms with van der Waals surface area (Å²) in [4.78, 5) is 11.7. The van der Waals surface area contributed by atoms with Crippen LogP contribution in [0.1, 0.15) is 30.5 Å². The molecule has 0 aliphatic heterocycles. The predicted octanol–water partition coefficient (Wildman–Crippen LogP) is 1.67. The summed E-state index contributed by atoms with van der Waals surface area (Å²) in [7, 11) is 1.66. The normalized spacial score (nSPS) is 11.2. The number of rotatable bonds is 4. The van der Waals surface area contributed by atoms with Gasteiger partial charge >= 0.3 is 0 Å². The van der Waals surface area contributed by atoms with Gasteiger partial charge in [-0.25, -0.2) is 0 Å². The maximum Gasteiger partial charge on any atom is 0.239 e. The van der Waals surface area contributed by atoms with E-state index in [0.29, 0.717) is 6.54 Å². The van der Waals surface area contributed by atoms with Gasteiger partial charge in [0.05, 0.1) is 12.6 Å². The zero-order chi connectivity index (χ0) is 13.9. The Hall–Kier alpha value is -1.55. The first-order valence-corrected chi connectivity index (χ1v) is 5.97. The molecule has 0 bridgehead atoms. The minimum Gasteiger partial charge on any atom is -0.496 e. The lowest BCUT2D eigenvalue weighted by Crippen LogP contribution is -2.48. The van der Waals surface area contributed by atoms with Gasteiger partial charge in [0.1, 0.15) is 5.75 Å². The van der Waals surface area contributed by atoms with Crippen molar-refractivity contribution in [3.63, 3.8) is 0 Å². The lowest BCUT2D eigenvalue weighted by atomic mass is 10.0. The molecule has 1 rings (SSSR count). The zero-order valence-corrected chi connectivity index (χ0v) is 11.8. The van der Waals surface area contributed by atoms with Crippen LogP contribution in [-0.2, 0) is 11.3 Å². The van der Waals surface area contributed by atoms with E-state index in [-0.39, 0.29) is 5.91 Å². The standard InChI is InChI=1S/C14H22N2O2/c1-9-6-11(7-10(2)12(9)18-5)8-16-13(17)14(3,4)15/h6-7H,8,15H2,1-5H3,(H,16,17). The molecule has 18 heavy (non-hydrogen) atoms. The van der Waals surface area contributed by atoms with Gasteiger partial charge in [-0.3, -0.25) is 4.79 Å². The Morgan fingerprint density at radius 1 is 1.33 bits per heavy atom. The number of methoxy groups -OCH3 is 1. The minimum atomic E-state index is -0.851. The van der Waals surface area contributed by atoms with Gasteiger partial charge < -0.3 is 15.8 Å². The van der Waals surface area contributed by atoms with Crippen LogP contribution in [0.3, 0.4) is 0 Å². The number of benzene rings is 1. The Balaban J connectivity index is 2.79. The number of carbonyl (C=O) groups excluding carboxylic acids is 1. The first kappa shape index (κ1) is 14.5. The highest BCUT2D eigenvalue weighted by atomic mass is 16.5. The quantitative estimate of drug-likeness (QED) is 0.854. The number of aryl methyl sites for hydroxylation is 2. The molecule has 4 heteroatoms. The van der Waals surface area contributed by atoms with E-state index < -0.39 is 5.54 Å². The van der Waals surface area contributed by atoms with Crippen molar-refractivity contribution in [1.29, 1.82) is 0 Å². The number of ether oxygens (including phenoxy) is 1. The van der Waals surface area contributed by atoms with E-state index in [2.05, 4.69) is 5.32 Å². The summed E-state index contributed by atoms with van der Waals surface area (Å²) in [6, 6.07) is 4.02. The summed E-state index contributed by atoms with van der Waals surface area (Å²) in [5.74, 6) is 0.734. The Morgan fingerprint density at radius 3 is 2.22 bits per heavy atom. The van der Waals surface area contributed by atoms with Crippen molar-refractivity contribution in [3.8, 4) is 5.75 Å². The van der Waals surface area contributed by atoms with Crippen LogP contribution in [0.4, 0.5) is 0 Å². The molecule has 100 valence electrons. The van der Waals surface area contributed by atoms with Crippen LogP contribution in [0, 0.1) is 13.8 Å². The second-order valence-corrected chi connectivity index (χ2v) is 5.17. The number of amides is 1. The summed E-state index contributed by atoms with van der Waals surface area (Å²) < 4.78 is 5.30. The maximum atomic E-state index is 11.7. The van der Waals surface area contributed by atoms with Gasteiger partial charge in [-0.05, 0) is 44.4 Å². The van der Waals surface area contributed by atoms with Crippen LogP contribution >= 0.6 is 0 Å². The van der Waals surface area contributed by atoms with E-state index in [0.717, 1.165) is 22.4 Å². The van der Waals surface area contributed by atoms with E-state index in [4.69, 9.17) is 10.5 Å². The lowest BCUT2D eigenvalue weighted by Gasteiger charge is -2.18. The van der Waals surface area contributed by atoms with Crippen molar-refractivity contribution in [3.05, 3.63) is 28.8 Å². The van der Waals surface area contributed by atoms with Crippen molar-refractivity contribution in [1.82, 2.24) is 5.32 Å². The van der Waals surface area contributed by atoms with E-state index in [1.807, 2.05) is 26.0 Å². The summed E-state index contributed by atoms with van der Waals surface area (Å²) in [5, 5.41) is 2.83. The second-order valence-electron chi connectivity index (χ2n) is 5.17. The van der Waals surface area contributed by atoms with Crippen molar-refractivity contribution in [2.75, 3.05) is 7.11 Å². The largest absolute Gasteiger partial charge is 0.496 e. The zero-order valence-electron chi connectivity index (χ0n) is 11.8. The monoisotopic (exact) mass is 250 g/mol. The lowest BCUT2D eigenvalue weighted by molar-refractivity contribution is -0.125. The molecule has 1 aromatic rings. The molecule has 0 aliphatic rings. The SMILES string of the molecule is COc1c(C)cc(CNC(=O)C(C)(C)N)cc1C. The Morgan fingerprint density at radius 2 is 1.83 bits per heavy atom. The molecule has 0 fully saturated rings. The topological polar surface area (TPSA) is 64.3 Å². The molecule has 0 radical (unpaired) electrons. The number of hydrogen-bond acceptors (Lipinski definition) is 3. The summed E-state index contributed by atoms with van der Waals surface area (Å²) in [5.41, 5.74) is 8.04. The maximum absolute atomic E-state index is 11.7. The van der Waals surface area contributed by atoms with Crippen LogP contribution in [0.15, 0.2) is 12.1 Å². The average molecular weight is 250 g/mol. The molecule has 1 amide bonds. The summed E-state index contributed by atoms with van der Waals surface area (Å²) >= 11 is 0. The van der Waals surface area contributed by atoms with E-state index >= 15 is 0 Å². The molecule has 0 spiro atoms. The third-order valence-electron chi connectivity index (χ3n) is 2.76. The fourth-order valence-corrected chi connectivity index (χ4v) is 1.87. The van der Waals surface area contributed by atoms with Crippen molar-refractivity contribution in [2.24, 2.45) is 5.73 Å². The molecule has 1 aromatic carbocycles. The fourth-order valence-electron chi connectivity index (χ4n) is 1.87. The molecule has 0 saturated carbocycles. The third kappa shape index (κ3) is 3.47. The van der Waals surface area contributed by atoms with Crippen LogP contribution < -0.4 is 15.8 Å². The smallest absolute Gasteiger partial charge is 0.239 e.